The summed E-state index contributed by atoms with van der Waals surface area (Å²) < 4.78 is 21.4. The van der Waals surface area contributed by atoms with Crippen LogP contribution in [0.25, 0.3) is 16.6 Å². The SMILES string of the molecule is CCCCN(C(=O)Nc1ccccc1F)C(C)c1nc2ccccc2c(=O)n1-c1ccc(OCC)cc1. The molecule has 1 unspecified atom stereocenters. The van der Waals surface area contributed by atoms with E-state index in [1.54, 1.807) is 59.5 Å². The molecule has 0 bridgehead atoms. The Kier molecular flexibility index (Phi) is 8.18. The number of urea groups is 1. The monoisotopic (exact) mass is 502 g/mol. The molecule has 1 heterocycles. The van der Waals surface area contributed by atoms with E-state index in [1.807, 2.05) is 26.8 Å². The molecule has 1 N–H and O–H groups in total. The molecule has 0 saturated heterocycles. The Hall–Kier alpha value is -4.20. The molecule has 37 heavy (non-hydrogen) atoms. The highest BCUT2D eigenvalue weighted by Crippen LogP contribution is 2.25. The number of rotatable bonds is 9. The van der Waals surface area contributed by atoms with Crippen LogP contribution in [-0.2, 0) is 0 Å². The first-order chi connectivity index (χ1) is 17.9. The molecule has 4 rings (SSSR count). The number of amides is 2. The van der Waals surface area contributed by atoms with Gasteiger partial charge in [-0.25, -0.2) is 14.2 Å². The third kappa shape index (κ3) is 5.63. The van der Waals surface area contributed by atoms with E-state index in [9.17, 15) is 14.0 Å². The van der Waals surface area contributed by atoms with Crippen LogP contribution in [0.15, 0.2) is 77.6 Å². The number of unbranched alkanes of at least 4 members (excludes halogenated alkanes) is 1. The average Bonchev–Trinajstić information content (AvgIpc) is 2.91. The Morgan fingerprint density at radius 3 is 2.46 bits per heavy atom. The Balaban J connectivity index is 1.82. The first-order valence-electron chi connectivity index (χ1n) is 12.5. The van der Waals surface area contributed by atoms with Crippen molar-refractivity contribution in [3.63, 3.8) is 0 Å². The molecule has 1 aromatic heterocycles. The van der Waals surface area contributed by atoms with Gasteiger partial charge in [0.05, 0.1) is 34.9 Å². The van der Waals surface area contributed by atoms with E-state index >= 15 is 0 Å². The van der Waals surface area contributed by atoms with Gasteiger partial charge in [0, 0.05) is 6.54 Å². The van der Waals surface area contributed by atoms with Gasteiger partial charge >= 0.3 is 6.03 Å². The fourth-order valence-electron chi connectivity index (χ4n) is 4.23. The number of benzene rings is 3. The van der Waals surface area contributed by atoms with Crippen molar-refractivity contribution >= 4 is 22.6 Å². The summed E-state index contributed by atoms with van der Waals surface area (Å²) in [5, 5.41) is 3.16. The second-order valence-corrected chi connectivity index (χ2v) is 8.69. The molecular formula is C29H31FN4O3. The largest absolute Gasteiger partial charge is 0.494 e. The number of hydrogen-bond acceptors (Lipinski definition) is 4. The van der Waals surface area contributed by atoms with Gasteiger partial charge < -0.3 is 15.0 Å². The van der Waals surface area contributed by atoms with Crippen molar-refractivity contribution in [1.82, 2.24) is 14.5 Å². The van der Waals surface area contributed by atoms with Gasteiger partial charge in [-0.3, -0.25) is 9.36 Å². The minimum absolute atomic E-state index is 0.0940. The van der Waals surface area contributed by atoms with E-state index in [1.165, 1.54) is 16.7 Å². The van der Waals surface area contributed by atoms with E-state index in [0.717, 1.165) is 12.8 Å². The van der Waals surface area contributed by atoms with Crippen molar-refractivity contribution in [2.75, 3.05) is 18.5 Å². The van der Waals surface area contributed by atoms with E-state index in [4.69, 9.17) is 9.72 Å². The maximum atomic E-state index is 14.3. The normalized spacial score (nSPS) is 11.8. The van der Waals surface area contributed by atoms with Crippen LogP contribution in [0.2, 0.25) is 0 Å². The molecule has 1 atom stereocenters. The molecule has 0 radical (unpaired) electrons. The number of aromatic nitrogens is 2. The number of hydrogen-bond donors (Lipinski definition) is 1. The predicted molar refractivity (Wildman–Crippen MR) is 144 cm³/mol. The standard InChI is InChI=1S/C29H31FN4O3/c1-4-6-19-33(29(36)32-26-14-10-8-12-24(26)30)20(3)27-31-25-13-9-7-11-23(25)28(35)34(27)21-15-17-22(18-16-21)37-5-2/h7-18,20H,4-6,19H2,1-3H3,(H,32,36). The van der Waals surface area contributed by atoms with Crippen molar-refractivity contribution in [2.24, 2.45) is 0 Å². The topological polar surface area (TPSA) is 76.5 Å². The molecule has 0 fully saturated rings. The highest BCUT2D eigenvalue weighted by atomic mass is 19.1. The van der Waals surface area contributed by atoms with Crippen molar-refractivity contribution in [3.8, 4) is 11.4 Å². The lowest BCUT2D eigenvalue weighted by Crippen LogP contribution is -2.40. The summed E-state index contributed by atoms with van der Waals surface area (Å²) in [6.45, 7) is 6.70. The average molecular weight is 503 g/mol. The van der Waals surface area contributed by atoms with Crippen molar-refractivity contribution in [2.45, 2.75) is 39.7 Å². The smallest absolute Gasteiger partial charge is 0.322 e. The van der Waals surface area contributed by atoms with Gasteiger partial charge in [-0.15, -0.1) is 0 Å². The molecule has 2 amide bonds. The highest BCUT2D eigenvalue weighted by Gasteiger charge is 2.27. The molecule has 192 valence electrons. The number of fused-ring (bicyclic) bond motifs is 1. The summed E-state index contributed by atoms with van der Waals surface area (Å²) in [5.41, 5.74) is 1.01. The van der Waals surface area contributed by atoms with Crippen LogP contribution in [0.5, 0.6) is 5.75 Å². The van der Waals surface area contributed by atoms with Crippen molar-refractivity contribution in [1.29, 1.82) is 0 Å². The van der Waals surface area contributed by atoms with Crippen LogP contribution >= 0.6 is 0 Å². The molecule has 7 nitrogen and oxygen atoms in total. The van der Waals surface area contributed by atoms with Crippen LogP contribution < -0.4 is 15.6 Å². The van der Waals surface area contributed by atoms with Crippen LogP contribution in [0.4, 0.5) is 14.9 Å². The molecule has 0 aliphatic rings. The molecule has 4 aromatic rings. The lowest BCUT2D eigenvalue weighted by atomic mass is 10.1. The molecule has 8 heteroatoms. The summed E-state index contributed by atoms with van der Waals surface area (Å²) in [6, 6.07) is 19.3. The summed E-state index contributed by atoms with van der Waals surface area (Å²) in [6.07, 6.45) is 1.59. The van der Waals surface area contributed by atoms with Crippen molar-refractivity contribution < 1.29 is 13.9 Å². The number of para-hydroxylation sites is 2. The zero-order valence-electron chi connectivity index (χ0n) is 21.3. The summed E-state index contributed by atoms with van der Waals surface area (Å²) in [4.78, 5) is 33.6. The second kappa shape index (κ2) is 11.7. The number of halogens is 1. The van der Waals surface area contributed by atoms with E-state index in [-0.39, 0.29) is 11.2 Å². The lowest BCUT2D eigenvalue weighted by molar-refractivity contribution is 0.188. The zero-order valence-corrected chi connectivity index (χ0v) is 21.3. The number of carbonyl (C=O) groups is 1. The summed E-state index contributed by atoms with van der Waals surface area (Å²) in [7, 11) is 0. The Labute approximate surface area is 215 Å². The first-order valence-corrected chi connectivity index (χ1v) is 12.5. The number of ether oxygens (including phenoxy) is 1. The Morgan fingerprint density at radius 2 is 1.76 bits per heavy atom. The Bertz CT molecular complexity index is 1440. The minimum Gasteiger partial charge on any atom is -0.494 e. The van der Waals surface area contributed by atoms with Gasteiger partial charge in [-0.2, -0.15) is 0 Å². The van der Waals surface area contributed by atoms with Gasteiger partial charge in [0.2, 0.25) is 0 Å². The van der Waals surface area contributed by atoms with Crippen LogP contribution in [-0.4, -0.2) is 33.6 Å². The van der Waals surface area contributed by atoms with Gasteiger partial charge in [0.25, 0.3) is 5.56 Å². The summed E-state index contributed by atoms with van der Waals surface area (Å²) >= 11 is 0. The molecule has 3 aromatic carbocycles. The van der Waals surface area contributed by atoms with Gasteiger partial charge in [0.1, 0.15) is 17.4 Å². The number of nitrogens with one attached hydrogen (secondary N) is 1. The fourth-order valence-corrected chi connectivity index (χ4v) is 4.23. The summed E-state index contributed by atoms with van der Waals surface area (Å²) in [5.74, 6) is 0.582. The number of nitrogens with zero attached hydrogens (tertiary/aromatic N) is 3. The minimum atomic E-state index is -0.595. The van der Waals surface area contributed by atoms with Gasteiger partial charge in [0.15, 0.2) is 0 Å². The zero-order chi connectivity index (χ0) is 26.4. The van der Waals surface area contributed by atoms with E-state index in [2.05, 4.69) is 5.32 Å². The molecule has 0 aliphatic carbocycles. The fraction of sp³-hybridized carbons (Fsp3) is 0.276. The van der Waals surface area contributed by atoms with Gasteiger partial charge in [-0.1, -0.05) is 37.6 Å². The second-order valence-electron chi connectivity index (χ2n) is 8.69. The van der Waals surface area contributed by atoms with E-state index in [0.29, 0.717) is 41.3 Å². The molecule has 0 spiro atoms. The first kappa shape index (κ1) is 25.9. The quantitative estimate of drug-likeness (QED) is 0.291. The van der Waals surface area contributed by atoms with E-state index < -0.39 is 17.9 Å². The molecule has 0 aliphatic heterocycles. The maximum Gasteiger partial charge on any atom is 0.322 e. The van der Waals surface area contributed by atoms with Crippen LogP contribution in [0, 0.1) is 5.82 Å². The maximum absolute atomic E-state index is 14.3. The molecule has 0 saturated carbocycles. The Morgan fingerprint density at radius 1 is 1.05 bits per heavy atom. The van der Waals surface area contributed by atoms with Gasteiger partial charge in [-0.05, 0) is 68.8 Å². The number of anilines is 1. The number of carbonyl (C=O) groups excluding carboxylic acids is 1. The lowest BCUT2D eigenvalue weighted by Gasteiger charge is -2.30. The highest BCUT2D eigenvalue weighted by molar-refractivity contribution is 5.89. The third-order valence-corrected chi connectivity index (χ3v) is 6.18. The van der Waals surface area contributed by atoms with Crippen LogP contribution in [0.1, 0.15) is 45.5 Å². The van der Waals surface area contributed by atoms with Crippen LogP contribution in [0.3, 0.4) is 0 Å². The molecular weight excluding hydrogens is 471 g/mol. The predicted octanol–water partition coefficient (Wildman–Crippen LogP) is 6.32. The third-order valence-electron chi connectivity index (χ3n) is 6.18. The van der Waals surface area contributed by atoms with Crippen molar-refractivity contribution in [3.05, 3.63) is 94.8 Å².